The van der Waals surface area contributed by atoms with Crippen LogP contribution in [0, 0.1) is 74.9 Å². The largest absolute Gasteiger partial charge is 0.390 e. The molecule has 0 aliphatic heterocycles. The molecule has 392 valence electrons. The highest BCUT2D eigenvalue weighted by molar-refractivity contribution is 9.09. The Hall–Kier alpha value is -2.37. The molecule has 8 fully saturated rings. The molecule has 9 nitrogen and oxygen atoms in total. The third-order valence-corrected chi connectivity index (χ3v) is 21.6. The lowest BCUT2D eigenvalue weighted by Gasteiger charge is -2.62. The molecule has 0 bridgehead atoms. The van der Waals surface area contributed by atoms with Crippen LogP contribution >= 0.6 is 15.9 Å². The summed E-state index contributed by atoms with van der Waals surface area (Å²) in [5.41, 5.74) is 7.74. The van der Waals surface area contributed by atoms with Crippen LogP contribution in [0.1, 0.15) is 190 Å². The number of pyridine rings is 2. The summed E-state index contributed by atoms with van der Waals surface area (Å²) in [6.07, 6.45) is 27.2. The molecule has 0 saturated heterocycles. The number of aliphatic hydroxyl groups is 2. The molecular formula is C57H107BrN4O5. The van der Waals surface area contributed by atoms with E-state index in [1.165, 1.54) is 76.3 Å². The summed E-state index contributed by atoms with van der Waals surface area (Å²) in [7, 11) is 3.75. The van der Waals surface area contributed by atoms with Crippen LogP contribution in [0.2, 0.25) is 0 Å². The van der Waals surface area contributed by atoms with Crippen LogP contribution in [0.25, 0.3) is 5.65 Å². The fraction of sp³-hybridized carbons (Fsp3) is 0.772. The van der Waals surface area contributed by atoms with Gasteiger partial charge in [0.25, 0.3) is 0 Å². The van der Waals surface area contributed by atoms with Gasteiger partial charge in [-0.15, -0.1) is 0 Å². The lowest BCUT2D eigenvalue weighted by Crippen LogP contribution is -2.58. The summed E-state index contributed by atoms with van der Waals surface area (Å²) in [5.74, 6) is 7.56. The van der Waals surface area contributed by atoms with Gasteiger partial charge in [-0.2, -0.15) is 0 Å². The molecule has 8 saturated carbocycles. The first-order valence-corrected chi connectivity index (χ1v) is 27.3. The second-order valence-corrected chi connectivity index (χ2v) is 24.9. The Balaban J connectivity index is -0.00000115. The zero-order valence-electron chi connectivity index (χ0n) is 59.2. The molecule has 0 unspecified atom stereocenters. The van der Waals surface area contributed by atoms with E-state index >= 15 is 0 Å². The number of hydrogen-bond acceptors (Lipinski definition) is 8. The first-order chi connectivity index (χ1) is 40.5. The first-order valence-electron chi connectivity index (χ1n) is 35.1. The van der Waals surface area contributed by atoms with Crippen LogP contribution < -0.4 is 5.73 Å². The van der Waals surface area contributed by atoms with E-state index in [4.69, 9.17) is 46.9 Å². The molecule has 10 heteroatoms. The molecule has 67 heavy (non-hydrogen) atoms. The number of aromatic nitrogens is 3. The summed E-state index contributed by atoms with van der Waals surface area (Å²) in [6.45, 7) is 10.8. The maximum atomic E-state index is 12.6. The molecule has 0 aromatic carbocycles. The normalized spacial score (nSPS) is 44.9. The number of carbonyl (C=O) groups is 1. The van der Waals surface area contributed by atoms with Crippen molar-refractivity contribution >= 4 is 33.2 Å². The van der Waals surface area contributed by atoms with Crippen LogP contribution in [0.5, 0.6) is 0 Å². The lowest BCUT2D eigenvalue weighted by atomic mass is 9.43. The highest BCUT2D eigenvalue weighted by Gasteiger charge is 2.64. The quantitative estimate of drug-likeness (QED) is 0.199. The zero-order valence-corrected chi connectivity index (χ0v) is 42.8. The van der Waals surface area contributed by atoms with E-state index in [2.05, 4.69) is 76.7 Å². The molecule has 3 aromatic rings. The number of ketones is 1. The van der Waals surface area contributed by atoms with Crippen molar-refractivity contribution < 1.29 is 52.6 Å². The molecule has 0 spiro atoms. The van der Waals surface area contributed by atoms with E-state index in [0.29, 0.717) is 51.9 Å². The number of imidazole rings is 1. The van der Waals surface area contributed by atoms with E-state index in [1.807, 2.05) is 33.3 Å². The molecule has 11 rings (SSSR count). The Morgan fingerprint density at radius 1 is 0.746 bits per heavy atom. The zero-order chi connectivity index (χ0) is 64.7. The van der Waals surface area contributed by atoms with Crippen LogP contribution in [-0.4, -0.2) is 74.3 Å². The highest BCUT2D eigenvalue weighted by Crippen LogP contribution is 2.71. The van der Waals surface area contributed by atoms with Crippen LogP contribution in [-0.2, 0) is 14.3 Å². The van der Waals surface area contributed by atoms with Gasteiger partial charge >= 0.3 is 0 Å². The molecule has 0 radical (unpaired) electrons. The highest BCUT2D eigenvalue weighted by atomic mass is 79.9. The standard InChI is InChI=1S/C28H40N2O2.C23H37BrO3.C5H6N2.CH4.10H2/c1-26(31)13-14-28(18-32-3)19(16-26)7-8-20-21-9-10-23(27(21,2)12-11-22(20)28)24-17-30-15-5-4-6-25(30)29-24;1-21(26)10-11-23(14-27-3)15(12-21)4-5-16-17-6-7-19(20(25)13-24)22(17,2)9-8-18(16)23;6-5-3-1-2-4-7-5;;;;;;;;;;;/h4-6,15,17,19-23,31H,7-14,16,18H2,1-3H3;15-19,26H,4-14H2,1-3H3;1-4H,(H2,6,7);1H4;10*1H/t19-,20+,21+,22+,23-,26-,27+,28-;15-,16+,17+,18+,19-,21-,22+,23-;;;;;;;;;;;;/m11............/s1/i;;;;9*1+1D;1+1. The van der Waals surface area contributed by atoms with Crippen molar-refractivity contribution in [2.24, 2.45) is 74.9 Å². The summed E-state index contributed by atoms with van der Waals surface area (Å²) in [5, 5.41) is 22.1. The smallest absolute Gasteiger partial charge is 0.147 e. The maximum Gasteiger partial charge on any atom is 0.147 e. The van der Waals surface area contributed by atoms with Gasteiger partial charge < -0.3 is 29.8 Å². The van der Waals surface area contributed by atoms with Crippen LogP contribution in [0.15, 0.2) is 55.0 Å². The van der Waals surface area contributed by atoms with Crippen molar-refractivity contribution in [3.8, 4) is 0 Å². The molecular weight excluding hydrogens is 901 g/mol. The van der Waals surface area contributed by atoms with E-state index in [9.17, 15) is 15.0 Å². The minimum Gasteiger partial charge on any atom is -0.390 e. The fourth-order valence-corrected chi connectivity index (χ4v) is 18.6. The monoisotopic (exact) mass is 1030 g/mol. The summed E-state index contributed by atoms with van der Waals surface area (Å²) in [4.78, 5) is 21.4. The summed E-state index contributed by atoms with van der Waals surface area (Å²) >= 11 is 3.43. The Kier molecular flexibility index (Phi) is 11.8. The predicted octanol–water partition coefficient (Wildman–Crippen LogP) is 14.6. The average Bonchev–Trinajstić information content (AvgIpc) is 1.33. The minimum absolute atomic E-state index is 0. The molecule has 3 heterocycles. The van der Waals surface area contributed by atoms with Crippen molar-refractivity contribution in [3.05, 3.63) is 60.7 Å². The number of ether oxygens (including phenoxy) is 2. The first kappa shape index (κ1) is 40.2. The third kappa shape index (κ3) is 9.14. The number of anilines is 1. The Labute approximate surface area is 441 Å². The van der Waals surface area contributed by atoms with Gasteiger partial charge in [0.15, 0.2) is 0 Å². The predicted molar refractivity (Wildman–Crippen MR) is 294 cm³/mol. The van der Waals surface area contributed by atoms with Crippen molar-refractivity contribution in [2.75, 3.05) is 38.5 Å². The number of carbonyl (C=O) groups excluding carboxylic acids is 1. The topological polar surface area (TPSA) is 132 Å². The van der Waals surface area contributed by atoms with Crippen molar-refractivity contribution in [2.45, 2.75) is 168 Å². The maximum absolute atomic E-state index is 12.6. The second-order valence-electron chi connectivity index (χ2n) is 24.4. The van der Waals surface area contributed by atoms with E-state index in [-0.39, 0.29) is 31.0 Å². The number of hydrogen-bond donors (Lipinski definition) is 3. The molecule has 8 aliphatic rings. The minimum atomic E-state index is -0.501. The van der Waals surface area contributed by atoms with Gasteiger partial charge in [0.05, 0.1) is 35.4 Å². The van der Waals surface area contributed by atoms with Crippen molar-refractivity contribution in [1.29, 1.82) is 0 Å². The molecule has 4 N–H and O–H groups in total. The number of methoxy groups -OCH3 is 2. The SMILES string of the molecule is C.COC[C@]12CC[C@@](C)(O)C[C@H]1CC[C@H]1[C@@H]3CC[C@H](C(=O)CBr)[C@@]3(C)CC[C@@H]12.COC[C@]12CC[C@@](C)(O)C[C@H]1CC[C@H]1[C@@H]3CC[C@H](c4cn5ccccc5n4)[C@@]3(C)CC[C@@H]12.Nc1ccccn1.[2HH].[2H][2H].[2H][2H].[2H][2H].[2H][2H].[2H][2H].[2H][2H].[2H][2H].[2H][2H].[2H][2H]. The van der Waals surface area contributed by atoms with Gasteiger partial charge in [0.1, 0.15) is 17.2 Å². The molecule has 8 aliphatic carbocycles. The van der Waals surface area contributed by atoms with Gasteiger partial charge in [-0.25, -0.2) is 9.97 Å². The van der Waals surface area contributed by atoms with Crippen LogP contribution in [0.3, 0.4) is 0 Å². The Morgan fingerprint density at radius 3 is 1.84 bits per heavy atom. The number of halogens is 1. The number of alkyl halides is 1. The number of nitrogens with two attached hydrogens (primary N) is 1. The van der Waals surface area contributed by atoms with Crippen molar-refractivity contribution in [3.63, 3.8) is 0 Å². The van der Waals surface area contributed by atoms with Gasteiger partial charge in [0, 0.05) is 72.8 Å². The average molecular weight is 1030 g/mol. The van der Waals surface area contributed by atoms with Gasteiger partial charge in [-0.1, -0.05) is 49.3 Å². The van der Waals surface area contributed by atoms with Gasteiger partial charge in [-0.05, 0) is 223 Å². The Bertz CT molecular complexity index is 2180. The number of nitrogen functional groups attached to an aromatic ring is 1. The lowest BCUT2D eigenvalue weighted by molar-refractivity contribution is -0.175. The van der Waals surface area contributed by atoms with E-state index in [0.717, 1.165) is 87.5 Å². The molecule has 16 atom stereocenters. The summed E-state index contributed by atoms with van der Waals surface area (Å²) in [6, 6.07) is 11.7. The second kappa shape index (κ2) is 19.7. The number of nitrogens with zero attached hydrogens (tertiary/aromatic N) is 3. The Morgan fingerprint density at radius 2 is 1.31 bits per heavy atom. The van der Waals surface area contributed by atoms with E-state index in [1.54, 1.807) is 12.3 Å². The fourth-order valence-electron chi connectivity index (χ4n) is 18.2. The van der Waals surface area contributed by atoms with Crippen LogP contribution in [0.4, 0.5) is 5.82 Å². The third-order valence-electron chi connectivity index (χ3n) is 21.1. The van der Waals surface area contributed by atoms with Gasteiger partial charge in [-0.3, -0.25) is 4.79 Å². The summed E-state index contributed by atoms with van der Waals surface area (Å²) < 4.78 is 104. The molecule has 0 amide bonds. The number of rotatable bonds is 7. The van der Waals surface area contributed by atoms with Gasteiger partial charge in [0.2, 0.25) is 0 Å². The number of Topliss-reactive ketones (excluding diaryl/α,β-unsaturated/α-hetero) is 1. The number of fused-ring (bicyclic) bond motifs is 11. The van der Waals surface area contributed by atoms with Crippen molar-refractivity contribution in [1.82, 2.24) is 14.4 Å². The van der Waals surface area contributed by atoms with E-state index < -0.39 is 11.2 Å². The molecule has 3 aromatic heterocycles.